The van der Waals surface area contributed by atoms with Gasteiger partial charge in [0.2, 0.25) is 5.91 Å². The standard InChI is InChI=1S/C25H20F3N3O3S/c26-25(27,28)16-4-1-3-15(11-16)23(33)29-17-5-2-6-18(12-17)34-19-9-10-20-21(13-19)35-24(30-20)31-22(32)14-7-8-14/h1-6,9-14,23,29,33H,7-8H2,(H,30,31,32). The van der Waals surface area contributed by atoms with Crippen LogP contribution in [0.4, 0.5) is 24.0 Å². The van der Waals surface area contributed by atoms with Crippen LogP contribution in [0.15, 0.2) is 66.7 Å². The molecule has 1 heterocycles. The predicted molar refractivity (Wildman–Crippen MR) is 128 cm³/mol. The quantitative estimate of drug-likeness (QED) is 0.251. The molecule has 1 unspecified atom stereocenters. The molecule has 3 aromatic carbocycles. The number of ether oxygens (including phenoxy) is 1. The summed E-state index contributed by atoms with van der Waals surface area (Å²) < 4.78 is 45.7. The molecule has 1 aliphatic carbocycles. The average molecular weight is 500 g/mol. The van der Waals surface area contributed by atoms with E-state index in [-0.39, 0.29) is 17.4 Å². The van der Waals surface area contributed by atoms with Crippen LogP contribution in [-0.4, -0.2) is 16.0 Å². The number of alkyl halides is 3. The Morgan fingerprint density at radius 3 is 2.60 bits per heavy atom. The Hall–Kier alpha value is -3.63. The number of rotatable bonds is 7. The molecule has 1 fully saturated rings. The number of carbonyl (C=O) groups excluding carboxylic acids is 1. The van der Waals surface area contributed by atoms with Crippen molar-refractivity contribution in [1.29, 1.82) is 0 Å². The molecular weight excluding hydrogens is 479 g/mol. The zero-order valence-corrected chi connectivity index (χ0v) is 19.0. The summed E-state index contributed by atoms with van der Waals surface area (Å²) in [7, 11) is 0. The maximum Gasteiger partial charge on any atom is 0.416 e. The van der Waals surface area contributed by atoms with Crippen molar-refractivity contribution in [2.75, 3.05) is 10.6 Å². The predicted octanol–water partition coefficient (Wildman–Crippen LogP) is 6.56. The number of hydrogen-bond acceptors (Lipinski definition) is 6. The molecule has 0 spiro atoms. The second kappa shape index (κ2) is 9.20. The molecule has 1 atom stereocenters. The highest BCUT2D eigenvalue weighted by Crippen LogP contribution is 2.35. The van der Waals surface area contributed by atoms with Crippen molar-refractivity contribution in [2.24, 2.45) is 5.92 Å². The maximum absolute atomic E-state index is 13.0. The molecule has 180 valence electrons. The number of thiazole rings is 1. The number of benzene rings is 3. The van der Waals surface area contributed by atoms with Gasteiger partial charge in [-0.2, -0.15) is 13.2 Å². The Bertz CT molecular complexity index is 1390. The summed E-state index contributed by atoms with van der Waals surface area (Å²) in [6.45, 7) is 0. The van der Waals surface area contributed by atoms with E-state index in [0.717, 1.165) is 35.2 Å². The van der Waals surface area contributed by atoms with Gasteiger partial charge in [0.25, 0.3) is 0 Å². The number of carbonyl (C=O) groups is 1. The molecule has 4 aromatic rings. The highest BCUT2D eigenvalue weighted by molar-refractivity contribution is 7.22. The monoisotopic (exact) mass is 499 g/mol. The van der Waals surface area contributed by atoms with Crippen LogP contribution in [0.5, 0.6) is 11.5 Å². The third-order valence-electron chi connectivity index (χ3n) is 5.44. The van der Waals surface area contributed by atoms with E-state index < -0.39 is 18.0 Å². The van der Waals surface area contributed by atoms with Crippen LogP contribution in [0.2, 0.25) is 0 Å². The minimum Gasteiger partial charge on any atom is -0.457 e. The van der Waals surface area contributed by atoms with Crippen molar-refractivity contribution in [3.05, 3.63) is 77.9 Å². The van der Waals surface area contributed by atoms with E-state index in [2.05, 4.69) is 15.6 Å². The van der Waals surface area contributed by atoms with Crippen LogP contribution in [0.25, 0.3) is 10.2 Å². The van der Waals surface area contributed by atoms with Gasteiger partial charge in [-0.25, -0.2) is 4.98 Å². The molecule has 1 aliphatic rings. The van der Waals surface area contributed by atoms with Crippen LogP contribution in [0, 0.1) is 5.92 Å². The van der Waals surface area contributed by atoms with E-state index in [9.17, 15) is 23.1 Å². The van der Waals surface area contributed by atoms with Crippen molar-refractivity contribution >= 4 is 38.3 Å². The summed E-state index contributed by atoms with van der Waals surface area (Å²) in [4.78, 5) is 16.4. The summed E-state index contributed by atoms with van der Waals surface area (Å²) in [5.41, 5.74) is 0.470. The van der Waals surface area contributed by atoms with Crippen molar-refractivity contribution in [3.8, 4) is 11.5 Å². The molecule has 0 bridgehead atoms. The second-order valence-corrected chi connectivity index (χ2v) is 9.24. The number of halogens is 3. The molecule has 1 aromatic heterocycles. The van der Waals surface area contributed by atoms with Crippen molar-refractivity contribution in [3.63, 3.8) is 0 Å². The number of anilines is 2. The molecule has 0 radical (unpaired) electrons. The molecule has 0 aliphatic heterocycles. The SMILES string of the molecule is O=C(Nc1nc2ccc(Oc3cccc(NC(O)c4cccc(C(F)(F)F)c4)c3)cc2s1)C1CC1. The zero-order valence-electron chi connectivity index (χ0n) is 18.2. The van der Waals surface area contributed by atoms with Gasteiger partial charge in [0.05, 0.1) is 15.8 Å². The van der Waals surface area contributed by atoms with E-state index in [1.165, 1.54) is 23.5 Å². The van der Waals surface area contributed by atoms with Crippen molar-refractivity contribution < 1.29 is 27.8 Å². The van der Waals surface area contributed by atoms with Crippen LogP contribution in [-0.2, 0) is 11.0 Å². The lowest BCUT2D eigenvalue weighted by molar-refractivity contribution is -0.137. The zero-order chi connectivity index (χ0) is 24.6. The summed E-state index contributed by atoms with van der Waals surface area (Å²) in [5.74, 6) is 1.11. The fourth-order valence-electron chi connectivity index (χ4n) is 3.49. The molecule has 6 nitrogen and oxygen atoms in total. The number of aliphatic hydroxyl groups is 1. The van der Waals surface area contributed by atoms with Gasteiger partial charge in [-0.15, -0.1) is 0 Å². The molecule has 35 heavy (non-hydrogen) atoms. The molecule has 0 saturated heterocycles. The summed E-state index contributed by atoms with van der Waals surface area (Å²) in [5, 5.41) is 16.6. The van der Waals surface area contributed by atoms with E-state index in [4.69, 9.17) is 4.74 Å². The van der Waals surface area contributed by atoms with Gasteiger partial charge in [0.1, 0.15) is 11.5 Å². The summed E-state index contributed by atoms with van der Waals surface area (Å²) in [6.07, 6.45) is -4.00. The minimum atomic E-state index is -4.49. The first-order chi connectivity index (χ1) is 16.7. The number of aliphatic hydroxyl groups excluding tert-OH is 1. The lowest BCUT2D eigenvalue weighted by atomic mass is 10.1. The highest BCUT2D eigenvalue weighted by Gasteiger charge is 2.31. The number of aromatic nitrogens is 1. The molecule has 10 heteroatoms. The van der Waals surface area contributed by atoms with E-state index in [1.54, 1.807) is 36.4 Å². The third kappa shape index (κ3) is 5.55. The van der Waals surface area contributed by atoms with Crippen molar-refractivity contribution in [2.45, 2.75) is 25.2 Å². The average Bonchev–Trinajstić information content (AvgIpc) is 3.60. The van der Waals surface area contributed by atoms with Gasteiger partial charge in [-0.3, -0.25) is 4.79 Å². The Morgan fingerprint density at radius 2 is 1.83 bits per heavy atom. The van der Waals surface area contributed by atoms with E-state index >= 15 is 0 Å². The number of hydrogen-bond donors (Lipinski definition) is 3. The highest BCUT2D eigenvalue weighted by atomic mass is 32.1. The number of amides is 1. The van der Waals surface area contributed by atoms with Gasteiger partial charge in [0, 0.05) is 29.3 Å². The van der Waals surface area contributed by atoms with Gasteiger partial charge >= 0.3 is 6.18 Å². The van der Waals surface area contributed by atoms with E-state index in [0.29, 0.717) is 22.3 Å². The molecule has 3 N–H and O–H groups in total. The first-order valence-electron chi connectivity index (χ1n) is 10.9. The Balaban J connectivity index is 1.28. The number of nitrogens with zero attached hydrogens (tertiary/aromatic N) is 1. The Morgan fingerprint density at radius 1 is 1.06 bits per heavy atom. The maximum atomic E-state index is 13.0. The summed E-state index contributed by atoms with van der Waals surface area (Å²) >= 11 is 1.36. The molecular formula is C25H20F3N3O3S. The normalized spacial score (nSPS) is 14.5. The molecule has 1 saturated carbocycles. The first kappa shape index (κ1) is 23.1. The Kier molecular flexibility index (Phi) is 6.08. The smallest absolute Gasteiger partial charge is 0.416 e. The minimum absolute atomic E-state index is 0.00263. The van der Waals surface area contributed by atoms with Crippen LogP contribution >= 0.6 is 11.3 Å². The molecule has 1 amide bonds. The Labute approximate surface area is 202 Å². The first-order valence-corrected chi connectivity index (χ1v) is 11.7. The van der Waals surface area contributed by atoms with Crippen LogP contribution in [0.3, 0.4) is 0 Å². The summed E-state index contributed by atoms with van der Waals surface area (Å²) in [6, 6.07) is 16.6. The largest absolute Gasteiger partial charge is 0.457 e. The second-order valence-electron chi connectivity index (χ2n) is 8.21. The van der Waals surface area contributed by atoms with Gasteiger partial charge in [-0.05, 0) is 49.2 Å². The van der Waals surface area contributed by atoms with Crippen molar-refractivity contribution in [1.82, 2.24) is 4.98 Å². The third-order valence-corrected chi connectivity index (χ3v) is 6.37. The number of nitrogens with one attached hydrogen (secondary N) is 2. The lowest BCUT2D eigenvalue weighted by Gasteiger charge is -2.17. The number of fused-ring (bicyclic) bond motifs is 1. The van der Waals surface area contributed by atoms with Gasteiger partial charge in [-0.1, -0.05) is 29.5 Å². The van der Waals surface area contributed by atoms with Crippen LogP contribution in [0.1, 0.15) is 30.2 Å². The lowest BCUT2D eigenvalue weighted by Crippen LogP contribution is -2.12. The van der Waals surface area contributed by atoms with E-state index in [1.807, 2.05) is 6.07 Å². The van der Waals surface area contributed by atoms with Gasteiger partial charge in [0.15, 0.2) is 11.4 Å². The fourth-order valence-corrected chi connectivity index (χ4v) is 4.38. The fraction of sp³-hybridized carbons (Fsp3) is 0.200. The van der Waals surface area contributed by atoms with Crippen LogP contribution < -0.4 is 15.4 Å². The molecule has 5 rings (SSSR count). The van der Waals surface area contributed by atoms with Gasteiger partial charge < -0.3 is 20.5 Å². The topological polar surface area (TPSA) is 83.5 Å².